The third-order valence-corrected chi connectivity index (χ3v) is 7.29. The van der Waals surface area contributed by atoms with Gasteiger partial charge in [0.25, 0.3) is 5.91 Å². The fourth-order valence-electron chi connectivity index (χ4n) is 3.75. The number of benzene rings is 1. The number of aryl methyl sites for hydroxylation is 1. The highest BCUT2D eigenvalue weighted by molar-refractivity contribution is 7.89. The minimum Gasteiger partial charge on any atom is -0.307 e. The van der Waals surface area contributed by atoms with Crippen LogP contribution in [0.4, 0.5) is 5.69 Å². The number of nitrogens with zero attached hydrogens (tertiary/aromatic N) is 5. The molecule has 10 heteroatoms. The molecule has 2 aliphatic heterocycles. The maximum absolute atomic E-state index is 13.6. The van der Waals surface area contributed by atoms with Gasteiger partial charge in [0.2, 0.25) is 16.0 Å². The van der Waals surface area contributed by atoms with Crippen LogP contribution in [0.1, 0.15) is 45.4 Å². The molecule has 1 fully saturated rings. The smallest absolute Gasteiger partial charge is 0.263 e. The van der Waals surface area contributed by atoms with Crippen LogP contribution in [-0.2, 0) is 23.6 Å². The van der Waals surface area contributed by atoms with Gasteiger partial charge in [0.1, 0.15) is 0 Å². The Morgan fingerprint density at radius 2 is 2.13 bits per heavy atom. The fraction of sp³-hybridized carbons (Fsp3) is 0.450. The Morgan fingerprint density at radius 1 is 1.37 bits per heavy atom. The molecule has 1 aromatic carbocycles. The van der Waals surface area contributed by atoms with E-state index in [9.17, 15) is 13.2 Å². The summed E-state index contributed by atoms with van der Waals surface area (Å²) in [6.45, 7) is 1.92. The van der Waals surface area contributed by atoms with Crippen molar-refractivity contribution in [2.75, 3.05) is 11.4 Å². The van der Waals surface area contributed by atoms with Crippen molar-refractivity contribution >= 4 is 27.6 Å². The van der Waals surface area contributed by atoms with E-state index < -0.39 is 28.0 Å². The highest BCUT2D eigenvalue weighted by Gasteiger charge is 2.43. The summed E-state index contributed by atoms with van der Waals surface area (Å²) in [5, 5.41) is 4.03. The molecule has 30 heavy (non-hydrogen) atoms. The van der Waals surface area contributed by atoms with E-state index in [4.69, 9.17) is 2.74 Å². The Balaban J connectivity index is 1.62. The maximum atomic E-state index is 13.6. The van der Waals surface area contributed by atoms with E-state index in [1.54, 1.807) is 18.0 Å². The first-order valence-electron chi connectivity index (χ1n) is 10.8. The lowest BCUT2D eigenvalue weighted by Gasteiger charge is -2.38. The van der Waals surface area contributed by atoms with Gasteiger partial charge in [0, 0.05) is 24.3 Å². The molecule has 1 aromatic heterocycles. The number of aliphatic imine (C=N–C) groups is 1. The molecule has 1 amide bonds. The molecule has 1 atom stereocenters. The van der Waals surface area contributed by atoms with Crippen molar-refractivity contribution in [1.82, 2.24) is 19.4 Å². The number of aromatic nitrogens is 2. The molecular formula is C20H24N6O3S. The number of hydrogen-bond acceptors (Lipinski definition) is 6. The molecule has 9 nitrogen and oxygen atoms in total. The van der Waals surface area contributed by atoms with Crippen molar-refractivity contribution in [3.8, 4) is 0 Å². The zero-order valence-electron chi connectivity index (χ0n) is 19.0. The number of sulfonamides is 1. The average Bonchev–Trinajstić information content (AvgIpc) is 3.09. The molecule has 2 aromatic rings. The average molecular weight is 431 g/mol. The summed E-state index contributed by atoms with van der Waals surface area (Å²) in [5.74, 6) is -0.435. The van der Waals surface area contributed by atoms with Crippen LogP contribution in [-0.4, -0.2) is 53.1 Å². The molecule has 5 rings (SSSR count). The van der Waals surface area contributed by atoms with Crippen LogP contribution >= 0.6 is 0 Å². The molecular weight excluding hydrogens is 404 g/mol. The summed E-state index contributed by atoms with van der Waals surface area (Å²) in [6, 6.07) is 4.30. The van der Waals surface area contributed by atoms with E-state index >= 15 is 0 Å². The number of fused-ring (bicyclic) bond motifs is 3. The van der Waals surface area contributed by atoms with Gasteiger partial charge in [-0.05, 0) is 44.9 Å². The summed E-state index contributed by atoms with van der Waals surface area (Å²) in [5.41, 5.74) is 0.389. The predicted molar refractivity (Wildman–Crippen MR) is 112 cm³/mol. The number of carbonyl (C=O) groups is 1. The zero-order valence-corrected chi connectivity index (χ0v) is 17.8. The second-order valence-electron chi connectivity index (χ2n) is 8.36. The van der Waals surface area contributed by atoms with E-state index in [1.165, 1.54) is 29.2 Å². The van der Waals surface area contributed by atoms with Gasteiger partial charge in [-0.25, -0.2) is 13.1 Å². The van der Waals surface area contributed by atoms with Gasteiger partial charge < -0.3 is 4.90 Å². The number of anilines is 1. The minimum absolute atomic E-state index is 0.0214. The number of carbonyl (C=O) groups excluding carboxylic acids is 1. The first-order valence-corrected chi connectivity index (χ1v) is 11.3. The molecule has 0 bridgehead atoms. The van der Waals surface area contributed by atoms with Crippen LogP contribution in [0.15, 0.2) is 40.5 Å². The number of guanidine groups is 1. The third-order valence-electron chi connectivity index (χ3n) is 5.65. The van der Waals surface area contributed by atoms with Crippen molar-refractivity contribution in [2.24, 2.45) is 12.0 Å². The Hall–Kier alpha value is -2.72. The third kappa shape index (κ3) is 3.10. The van der Waals surface area contributed by atoms with Crippen LogP contribution in [0.3, 0.4) is 0 Å². The number of nitrogens with one attached hydrogen (secondary N) is 1. The van der Waals surface area contributed by atoms with E-state index in [0.29, 0.717) is 12.2 Å². The van der Waals surface area contributed by atoms with Gasteiger partial charge in [-0.15, -0.1) is 0 Å². The Labute approximate surface area is 178 Å². The molecule has 1 unspecified atom stereocenters. The van der Waals surface area contributed by atoms with Gasteiger partial charge >= 0.3 is 0 Å². The number of hydrogen-bond donors (Lipinski definition) is 1. The molecule has 3 aliphatic rings. The van der Waals surface area contributed by atoms with Crippen molar-refractivity contribution in [2.45, 2.75) is 49.7 Å². The van der Waals surface area contributed by atoms with E-state index in [2.05, 4.69) is 14.8 Å². The Morgan fingerprint density at radius 3 is 2.80 bits per heavy atom. The lowest BCUT2D eigenvalue weighted by atomic mass is 10.1. The summed E-state index contributed by atoms with van der Waals surface area (Å²) < 4.78 is 47.5. The monoisotopic (exact) mass is 430 g/mol. The van der Waals surface area contributed by atoms with Gasteiger partial charge in [0.15, 0.2) is 0 Å². The maximum Gasteiger partial charge on any atom is 0.263 e. The van der Waals surface area contributed by atoms with Crippen LogP contribution in [0.2, 0.25) is 0 Å². The molecule has 1 aliphatic carbocycles. The van der Waals surface area contributed by atoms with Gasteiger partial charge in [-0.1, -0.05) is 0 Å². The molecule has 0 radical (unpaired) electrons. The van der Waals surface area contributed by atoms with Gasteiger partial charge in [0.05, 0.1) is 44.2 Å². The first kappa shape index (κ1) is 17.0. The van der Waals surface area contributed by atoms with E-state index in [-0.39, 0.29) is 28.0 Å². The van der Waals surface area contributed by atoms with Crippen molar-refractivity contribution in [3.63, 3.8) is 0 Å². The van der Waals surface area contributed by atoms with Crippen LogP contribution < -0.4 is 9.62 Å². The van der Waals surface area contributed by atoms with E-state index in [1.807, 2.05) is 13.8 Å². The van der Waals surface area contributed by atoms with Crippen molar-refractivity contribution < 1.29 is 16.0 Å². The Bertz CT molecular complexity index is 1270. The molecule has 158 valence electrons. The second-order valence-corrected chi connectivity index (χ2v) is 10.0. The summed E-state index contributed by atoms with van der Waals surface area (Å²) in [6.07, 6.45) is 4.40. The summed E-state index contributed by atoms with van der Waals surface area (Å²) in [4.78, 5) is 20.8. The topological polar surface area (TPSA) is 99.9 Å². The second kappa shape index (κ2) is 6.39. The number of amides is 1. The highest BCUT2D eigenvalue weighted by atomic mass is 32.2. The SMILES string of the molecule is [2H]C([2H])(c1cnn(C)c1)N1C(=O)c2cc(S(=O)(=O)NC3(C)CC3)ccc2N2C1=NCC2C. The zero-order chi connectivity index (χ0) is 23.1. The van der Waals surface area contributed by atoms with Gasteiger partial charge in [-0.2, -0.15) is 5.10 Å². The fourth-order valence-corrected chi connectivity index (χ4v) is 5.24. The van der Waals surface area contributed by atoms with Crippen molar-refractivity contribution in [1.29, 1.82) is 0 Å². The standard InChI is InChI=1S/C20H24N6O3S/c1-13-9-21-19-25(12-14-10-22-24(3)11-14)18(27)16-8-15(4-5-17(16)26(13)19)30(28,29)23-20(2)6-7-20/h4-5,8,10-11,13,23H,6-7,9,12H2,1-3H3/i12D2. The lowest BCUT2D eigenvalue weighted by molar-refractivity contribution is 0.0833. The first-order chi connectivity index (χ1) is 14.9. The number of rotatable bonds is 5. The highest BCUT2D eigenvalue weighted by Crippen LogP contribution is 2.38. The van der Waals surface area contributed by atoms with Crippen molar-refractivity contribution in [3.05, 3.63) is 41.7 Å². The predicted octanol–water partition coefficient (Wildman–Crippen LogP) is 1.47. The largest absolute Gasteiger partial charge is 0.307 e. The minimum atomic E-state index is -3.83. The van der Waals surface area contributed by atoms with E-state index in [0.717, 1.165) is 17.7 Å². The molecule has 0 saturated heterocycles. The normalized spacial score (nSPS) is 23.5. The van der Waals surface area contributed by atoms with Crippen LogP contribution in [0.5, 0.6) is 0 Å². The molecule has 3 heterocycles. The van der Waals surface area contributed by atoms with Crippen LogP contribution in [0, 0.1) is 0 Å². The lowest BCUT2D eigenvalue weighted by Crippen LogP contribution is -2.52. The quantitative estimate of drug-likeness (QED) is 0.774. The summed E-state index contributed by atoms with van der Waals surface area (Å²) in [7, 11) is -2.16. The molecule has 0 spiro atoms. The summed E-state index contributed by atoms with van der Waals surface area (Å²) >= 11 is 0. The molecule has 1 saturated carbocycles. The van der Waals surface area contributed by atoms with Gasteiger partial charge in [-0.3, -0.25) is 19.4 Å². The molecule has 1 N–H and O–H groups in total. The Kier molecular flexibility index (Phi) is 3.62. The van der Waals surface area contributed by atoms with Crippen LogP contribution in [0.25, 0.3) is 0 Å².